The minimum absolute atomic E-state index is 0.00598. The fourth-order valence-electron chi connectivity index (χ4n) is 2.71. The van der Waals surface area contributed by atoms with Gasteiger partial charge in [-0.25, -0.2) is 8.91 Å². The van der Waals surface area contributed by atoms with Crippen LogP contribution >= 0.6 is 0 Å². The lowest BCUT2D eigenvalue weighted by Crippen LogP contribution is -2.34. The van der Waals surface area contributed by atoms with E-state index in [0.29, 0.717) is 5.56 Å². The van der Waals surface area contributed by atoms with Gasteiger partial charge in [-0.2, -0.15) is 0 Å². The van der Waals surface area contributed by atoms with Crippen LogP contribution in [0.1, 0.15) is 15.9 Å². The first-order chi connectivity index (χ1) is 12.3. The van der Waals surface area contributed by atoms with Crippen LogP contribution in [0.2, 0.25) is 0 Å². The van der Waals surface area contributed by atoms with Gasteiger partial charge >= 0.3 is 5.97 Å². The van der Waals surface area contributed by atoms with Crippen molar-refractivity contribution in [1.82, 2.24) is 14.9 Å². The molecule has 1 amide bonds. The van der Waals surface area contributed by atoms with Crippen LogP contribution in [-0.4, -0.2) is 45.4 Å². The van der Waals surface area contributed by atoms with Gasteiger partial charge in [0.25, 0.3) is 11.5 Å². The van der Waals surface area contributed by atoms with Gasteiger partial charge in [-0.1, -0.05) is 0 Å². The lowest BCUT2D eigenvalue weighted by atomic mass is 10.1. The Balaban J connectivity index is 2.22. The number of aliphatic carboxylic acids is 1. The van der Waals surface area contributed by atoms with Crippen molar-refractivity contribution in [3.8, 4) is 5.75 Å². The zero-order valence-corrected chi connectivity index (χ0v) is 13.5. The number of aromatic nitrogens is 2. The number of carboxylic acids is 1. The number of carbonyl (C=O) groups excluding carboxylic acids is 1. The zero-order chi connectivity index (χ0) is 19.0. The maximum absolute atomic E-state index is 14.3. The molecule has 136 valence electrons. The molecule has 0 bridgehead atoms. The van der Waals surface area contributed by atoms with Gasteiger partial charge in [0.2, 0.25) is 0 Å². The highest BCUT2D eigenvalue weighted by molar-refractivity contribution is 6.01. The van der Waals surface area contributed by atoms with Crippen molar-refractivity contribution in [2.24, 2.45) is 0 Å². The van der Waals surface area contributed by atoms with Gasteiger partial charge in [0.15, 0.2) is 5.75 Å². The molecule has 0 aliphatic carbocycles. The van der Waals surface area contributed by atoms with Gasteiger partial charge in [0.05, 0.1) is 12.1 Å². The third kappa shape index (κ3) is 2.86. The number of fused-ring (bicyclic) bond motifs is 3. The molecule has 4 N–H and O–H groups in total. The summed E-state index contributed by atoms with van der Waals surface area (Å²) in [6, 6.07) is 4.12. The number of amides is 1. The molecular formula is C16H14FN3O6. The molecule has 2 aromatic heterocycles. The van der Waals surface area contributed by atoms with Crippen LogP contribution in [0.4, 0.5) is 4.39 Å². The van der Waals surface area contributed by atoms with Gasteiger partial charge in [-0.15, -0.1) is 0 Å². The third-order valence-electron chi connectivity index (χ3n) is 3.79. The minimum atomic E-state index is -1.31. The minimum Gasteiger partial charge on any atom is -0.505 e. The van der Waals surface area contributed by atoms with Crippen LogP contribution in [0.3, 0.4) is 0 Å². The van der Waals surface area contributed by atoms with Gasteiger partial charge in [0, 0.05) is 12.5 Å². The van der Waals surface area contributed by atoms with E-state index in [4.69, 9.17) is 9.84 Å². The molecule has 9 nitrogen and oxygen atoms in total. The fourth-order valence-corrected chi connectivity index (χ4v) is 2.71. The highest BCUT2D eigenvalue weighted by Gasteiger charge is 2.22. The number of carboxylic acid groups (broad SMARTS) is 1. The second-order valence-electron chi connectivity index (χ2n) is 5.55. The smallest absolute Gasteiger partial charge is 0.322 e. The number of nitrogens with zero attached hydrogens (tertiary/aromatic N) is 1. The Kier molecular flexibility index (Phi) is 4.34. The summed E-state index contributed by atoms with van der Waals surface area (Å²) in [4.78, 5) is 34.8. The number of aromatic amines is 1. The van der Waals surface area contributed by atoms with E-state index in [1.165, 1.54) is 19.2 Å². The average Bonchev–Trinajstić information content (AvgIpc) is 2.93. The lowest BCUT2D eigenvalue weighted by Gasteiger charge is -2.07. The molecule has 0 saturated heterocycles. The standard InChI is InChI=1S/C16H14FN3O6/c1-26-6-7-2-9(17)8-4-11-14(23)13(15(24)18-5-12(21)22)16(25)19-20(11)10(8)3-7/h2-4,23H,5-6H2,1H3,(H,18,24)(H,19,25)(H,21,22). The number of halogens is 1. The highest BCUT2D eigenvalue weighted by atomic mass is 19.1. The summed E-state index contributed by atoms with van der Waals surface area (Å²) < 4.78 is 20.4. The monoisotopic (exact) mass is 363 g/mol. The highest BCUT2D eigenvalue weighted by Crippen LogP contribution is 2.29. The summed E-state index contributed by atoms with van der Waals surface area (Å²) in [5.41, 5.74) is -0.821. The van der Waals surface area contributed by atoms with E-state index >= 15 is 0 Å². The maximum Gasteiger partial charge on any atom is 0.322 e. The first-order valence-corrected chi connectivity index (χ1v) is 7.41. The number of hydrogen-bond acceptors (Lipinski definition) is 5. The second-order valence-corrected chi connectivity index (χ2v) is 5.55. The zero-order valence-electron chi connectivity index (χ0n) is 13.5. The van der Waals surface area contributed by atoms with E-state index in [1.54, 1.807) is 6.07 Å². The Hall–Kier alpha value is -3.40. The molecule has 0 atom stereocenters. The van der Waals surface area contributed by atoms with E-state index in [-0.39, 0.29) is 23.0 Å². The maximum atomic E-state index is 14.3. The van der Waals surface area contributed by atoms with Crippen molar-refractivity contribution in [1.29, 1.82) is 0 Å². The fraction of sp³-hybridized carbons (Fsp3) is 0.188. The van der Waals surface area contributed by atoms with Gasteiger partial charge in [-0.3, -0.25) is 19.5 Å². The molecule has 0 aliphatic rings. The Bertz CT molecular complexity index is 1100. The second kappa shape index (κ2) is 6.48. The number of nitrogens with one attached hydrogen (secondary N) is 2. The van der Waals surface area contributed by atoms with Gasteiger partial charge in [-0.05, 0) is 23.8 Å². The van der Waals surface area contributed by atoms with Crippen molar-refractivity contribution in [3.05, 3.63) is 45.5 Å². The van der Waals surface area contributed by atoms with Crippen LogP contribution in [0.15, 0.2) is 23.0 Å². The van der Waals surface area contributed by atoms with Crippen molar-refractivity contribution in [3.63, 3.8) is 0 Å². The summed E-state index contributed by atoms with van der Waals surface area (Å²) in [7, 11) is 1.45. The van der Waals surface area contributed by atoms with E-state index < -0.39 is 41.1 Å². The summed E-state index contributed by atoms with van der Waals surface area (Å²) in [6.45, 7) is -0.577. The quantitative estimate of drug-likeness (QED) is 0.524. The molecule has 1 aromatic carbocycles. The predicted octanol–water partition coefficient (Wildman–Crippen LogP) is 0.586. The number of hydrogen-bond donors (Lipinski definition) is 4. The molecule has 0 spiro atoms. The van der Waals surface area contributed by atoms with E-state index in [9.17, 15) is 23.9 Å². The molecule has 2 heterocycles. The van der Waals surface area contributed by atoms with E-state index in [1.807, 2.05) is 5.32 Å². The molecular weight excluding hydrogens is 349 g/mol. The SMILES string of the molecule is COCc1cc(F)c2cc3c(O)c(C(=O)NCC(=O)O)c(=O)[nH]n3c2c1. The van der Waals surface area contributed by atoms with Crippen molar-refractivity contribution < 1.29 is 28.9 Å². The van der Waals surface area contributed by atoms with Gasteiger partial charge in [0.1, 0.15) is 23.4 Å². The molecule has 3 rings (SSSR count). The number of ether oxygens (including phenoxy) is 1. The van der Waals surface area contributed by atoms with Crippen LogP contribution in [0, 0.1) is 5.82 Å². The summed E-state index contributed by atoms with van der Waals surface area (Å²) in [6.07, 6.45) is 0. The molecule has 0 radical (unpaired) electrons. The van der Waals surface area contributed by atoms with Crippen LogP contribution in [0.25, 0.3) is 16.4 Å². The van der Waals surface area contributed by atoms with Crippen LogP contribution in [0.5, 0.6) is 5.75 Å². The first-order valence-electron chi connectivity index (χ1n) is 7.41. The Morgan fingerprint density at radius 1 is 1.31 bits per heavy atom. The van der Waals surface area contributed by atoms with Gasteiger partial charge < -0.3 is 20.3 Å². The predicted molar refractivity (Wildman–Crippen MR) is 87.8 cm³/mol. The van der Waals surface area contributed by atoms with Crippen molar-refractivity contribution in [2.45, 2.75) is 6.61 Å². The molecule has 3 aromatic rings. The topological polar surface area (TPSA) is 133 Å². The number of aromatic hydroxyl groups is 1. The first kappa shape index (κ1) is 17.4. The molecule has 0 fully saturated rings. The lowest BCUT2D eigenvalue weighted by molar-refractivity contribution is -0.135. The normalized spacial score (nSPS) is 11.2. The average molecular weight is 363 g/mol. The largest absolute Gasteiger partial charge is 0.505 e. The molecule has 0 aliphatic heterocycles. The van der Waals surface area contributed by atoms with E-state index in [2.05, 4.69) is 5.10 Å². The summed E-state index contributed by atoms with van der Waals surface area (Å²) >= 11 is 0. The third-order valence-corrected chi connectivity index (χ3v) is 3.79. The van der Waals surface area contributed by atoms with Crippen molar-refractivity contribution >= 4 is 28.3 Å². The number of rotatable bonds is 5. The molecule has 0 unspecified atom stereocenters. The number of carbonyl (C=O) groups is 2. The molecule has 0 saturated carbocycles. The summed E-state index contributed by atoms with van der Waals surface area (Å²) in [5.74, 6) is -3.63. The van der Waals surface area contributed by atoms with Crippen LogP contribution < -0.4 is 10.9 Å². The molecule has 10 heteroatoms. The van der Waals surface area contributed by atoms with Crippen LogP contribution in [-0.2, 0) is 16.1 Å². The Labute approximate surface area is 144 Å². The Morgan fingerprint density at radius 3 is 2.69 bits per heavy atom. The molecule has 26 heavy (non-hydrogen) atoms. The summed E-state index contributed by atoms with van der Waals surface area (Å²) in [5, 5.41) is 23.4. The van der Waals surface area contributed by atoms with Crippen molar-refractivity contribution in [2.75, 3.05) is 13.7 Å². The Morgan fingerprint density at radius 2 is 2.04 bits per heavy atom. The number of methoxy groups -OCH3 is 1. The van der Waals surface area contributed by atoms with E-state index in [0.717, 1.165) is 4.52 Å². The number of benzene rings is 1. The number of H-pyrrole nitrogens is 1.